The zero-order valence-corrected chi connectivity index (χ0v) is 11.1. The summed E-state index contributed by atoms with van der Waals surface area (Å²) < 4.78 is 5.02. The number of ketones is 1. The van der Waals surface area contributed by atoms with E-state index in [0.717, 1.165) is 5.56 Å². The largest absolute Gasteiger partial charge is 0.481 e. The summed E-state index contributed by atoms with van der Waals surface area (Å²) in [6, 6.07) is 16.4. The molecule has 100 valence electrons. The fraction of sp³-hybridized carbons (Fsp3) is 0.188. The molecule has 0 spiro atoms. The maximum absolute atomic E-state index is 12.5. The number of hydrogen-bond acceptors (Lipinski definition) is 4. The number of methoxy groups -OCH3 is 1. The first kappa shape index (κ1) is 13.8. The number of ether oxygens (including phenoxy) is 1. The van der Waals surface area contributed by atoms with E-state index < -0.39 is 5.92 Å². The van der Waals surface area contributed by atoms with Crippen LogP contribution in [0.4, 0.5) is 0 Å². The Labute approximate surface area is 117 Å². The minimum Gasteiger partial charge on any atom is -0.481 e. The molecule has 1 atom stereocenters. The molecule has 0 fully saturated rings. The molecule has 0 aliphatic carbocycles. The Hall–Kier alpha value is -2.67. The highest BCUT2D eigenvalue weighted by Crippen LogP contribution is 2.24. The van der Waals surface area contributed by atoms with Crippen molar-refractivity contribution in [1.29, 1.82) is 5.26 Å². The summed E-state index contributed by atoms with van der Waals surface area (Å²) in [6.07, 6.45) is 0.127. The molecular formula is C16H14N2O2. The second-order valence-corrected chi connectivity index (χ2v) is 4.25. The van der Waals surface area contributed by atoms with Crippen LogP contribution in [0.1, 0.15) is 28.4 Å². The number of nitriles is 1. The molecule has 2 rings (SSSR count). The molecule has 1 aromatic carbocycles. The first-order chi connectivity index (χ1) is 9.76. The molecule has 2 aromatic rings. The van der Waals surface area contributed by atoms with Gasteiger partial charge in [0.15, 0.2) is 5.78 Å². The Morgan fingerprint density at radius 2 is 2.00 bits per heavy atom. The van der Waals surface area contributed by atoms with Gasteiger partial charge >= 0.3 is 0 Å². The van der Waals surface area contributed by atoms with E-state index in [-0.39, 0.29) is 12.2 Å². The number of Topliss-reactive ketones (excluding diaryl/α,β-unsaturated/α-hetero) is 1. The lowest BCUT2D eigenvalue weighted by Gasteiger charge is -2.12. The van der Waals surface area contributed by atoms with Crippen LogP contribution in [0.2, 0.25) is 0 Å². The highest BCUT2D eigenvalue weighted by Gasteiger charge is 2.23. The van der Waals surface area contributed by atoms with Crippen molar-refractivity contribution < 1.29 is 9.53 Å². The molecule has 1 heterocycles. The zero-order chi connectivity index (χ0) is 14.4. The van der Waals surface area contributed by atoms with Crippen molar-refractivity contribution >= 4 is 5.78 Å². The van der Waals surface area contributed by atoms with Crippen LogP contribution in [-0.2, 0) is 0 Å². The Balaban J connectivity index is 2.34. The van der Waals surface area contributed by atoms with Crippen LogP contribution >= 0.6 is 0 Å². The summed E-state index contributed by atoms with van der Waals surface area (Å²) in [4.78, 5) is 16.7. The molecule has 20 heavy (non-hydrogen) atoms. The van der Waals surface area contributed by atoms with Crippen molar-refractivity contribution in [1.82, 2.24) is 4.98 Å². The number of rotatable bonds is 5. The van der Waals surface area contributed by atoms with Gasteiger partial charge in [0, 0.05) is 12.5 Å². The summed E-state index contributed by atoms with van der Waals surface area (Å²) in [7, 11) is 1.50. The lowest BCUT2D eigenvalue weighted by atomic mass is 9.90. The maximum Gasteiger partial charge on any atom is 0.213 e. The molecule has 4 heteroatoms. The van der Waals surface area contributed by atoms with Gasteiger partial charge in [0.25, 0.3) is 0 Å². The Morgan fingerprint density at radius 3 is 2.65 bits per heavy atom. The van der Waals surface area contributed by atoms with Crippen LogP contribution in [0.25, 0.3) is 0 Å². The molecule has 0 aliphatic heterocycles. The van der Waals surface area contributed by atoms with Gasteiger partial charge in [0.1, 0.15) is 5.69 Å². The predicted molar refractivity (Wildman–Crippen MR) is 74.5 cm³/mol. The van der Waals surface area contributed by atoms with Crippen molar-refractivity contribution in [2.75, 3.05) is 7.11 Å². The molecule has 0 N–H and O–H groups in total. The van der Waals surface area contributed by atoms with E-state index in [1.54, 1.807) is 18.2 Å². The van der Waals surface area contributed by atoms with Crippen LogP contribution in [0.3, 0.4) is 0 Å². The highest BCUT2D eigenvalue weighted by atomic mass is 16.5. The Kier molecular flexibility index (Phi) is 4.46. The van der Waals surface area contributed by atoms with Crippen LogP contribution in [-0.4, -0.2) is 17.9 Å². The van der Waals surface area contributed by atoms with Gasteiger partial charge in [0.2, 0.25) is 5.88 Å². The highest BCUT2D eigenvalue weighted by molar-refractivity contribution is 5.99. The number of pyridine rings is 1. The quantitative estimate of drug-likeness (QED) is 0.780. The monoisotopic (exact) mass is 266 g/mol. The summed E-state index contributed by atoms with van der Waals surface area (Å²) in [5.41, 5.74) is 1.14. The standard InChI is InChI=1S/C16H14N2O2/c1-20-15-9-5-8-14(18-15)16(19)13(10-11-17)12-6-3-2-4-7-12/h2-9,13H,10H2,1H3. The molecule has 1 unspecified atom stereocenters. The van der Waals surface area contributed by atoms with E-state index in [1.807, 2.05) is 30.3 Å². The van der Waals surface area contributed by atoms with E-state index in [1.165, 1.54) is 7.11 Å². The van der Waals surface area contributed by atoms with Gasteiger partial charge in [-0.15, -0.1) is 0 Å². The normalized spacial score (nSPS) is 11.4. The molecule has 0 bridgehead atoms. The van der Waals surface area contributed by atoms with Gasteiger partial charge in [-0.1, -0.05) is 36.4 Å². The summed E-state index contributed by atoms with van der Waals surface area (Å²) in [5.74, 6) is -0.280. The number of carbonyl (C=O) groups is 1. The molecule has 0 radical (unpaired) electrons. The molecule has 0 saturated carbocycles. The van der Waals surface area contributed by atoms with Crippen molar-refractivity contribution in [3.63, 3.8) is 0 Å². The van der Waals surface area contributed by atoms with E-state index >= 15 is 0 Å². The Morgan fingerprint density at radius 1 is 1.25 bits per heavy atom. The number of nitrogens with zero attached hydrogens (tertiary/aromatic N) is 2. The Bertz CT molecular complexity index is 632. The van der Waals surface area contributed by atoms with Gasteiger partial charge in [-0.05, 0) is 11.6 Å². The minimum atomic E-state index is -0.499. The lowest BCUT2D eigenvalue weighted by Crippen LogP contribution is -2.14. The third-order valence-electron chi connectivity index (χ3n) is 3.00. The molecule has 0 saturated heterocycles. The summed E-state index contributed by atoms with van der Waals surface area (Å²) >= 11 is 0. The minimum absolute atomic E-state index is 0.127. The average molecular weight is 266 g/mol. The number of aromatic nitrogens is 1. The average Bonchev–Trinajstić information content (AvgIpc) is 2.53. The molecule has 4 nitrogen and oxygen atoms in total. The predicted octanol–water partition coefficient (Wildman–Crippen LogP) is 2.97. The SMILES string of the molecule is COc1cccc(C(=O)C(CC#N)c2ccccc2)n1. The smallest absolute Gasteiger partial charge is 0.213 e. The first-order valence-corrected chi connectivity index (χ1v) is 6.23. The van der Waals surface area contributed by atoms with E-state index in [2.05, 4.69) is 11.1 Å². The fourth-order valence-electron chi connectivity index (χ4n) is 1.98. The van der Waals surface area contributed by atoms with Gasteiger partial charge in [-0.25, -0.2) is 4.98 Å². The van der Waals surface area contributed by atoms with E-state index in [4.69, 9.17) is 10.00 Å². The zero-order valence-electron chi connectivity index (χ0n) is 11.1. The van der Waals surface area contributed by atoms with Gasteiger partial charge < -0.3 is 4.74 Å². The third-order valence-corrected chi connectivity index (χ3v) is 3.00. The van der Waals surface area contributed by atoms with Crippen LogP contribution in [0.15, 0.2) is 48.5 Å². The van der Waals surface area contributed by atoms with E-state index in [9.17, 15) is 4.79 Å². The van der Waals surface area contributed by atoms with Crippen LogP contribution < -0.4 is 4.74 Å². The molecule has 1 aromatic heterocycles. The van der Waals surface area contributed by atoms with Gasteiger partial charge in [0.05, 0.1) is 19.1 Å². The van der Waals surface area contributed by atoms with Crippen LogP contribution in [0, 0.1) is 11.3 Å². The number of hydrogen-bond donors (Lipinski definition) is 0. The van der Waals surface area contributed by atoms with Gasteiger partial charge in [-0.3, -0.25) is 4.79 Å². The lowest BCUT2D eigenvalue weighted by molar-refractivity contribution is 0.0955. The fourth-order valence-corrected chi connectivity index (χ4v) is 1.98. The van der Waals surface area contributed by atoms with Crippen molar-refractivity contribution in [2.24, 2.45) is 0 Å². The molecule has 0 aliphatic rings. The third kappa shape index (κ3) is 3.01. The topological polar surface area (TPSA) is 63.0 Å². The number of carbonyl (C=O) groups excluding carboxylic acids is 1. The second-order valence-electron chi connectivity index (χ2n) is 4.25. The first-order valence-electron chi connectivity index (χ1n) is 6.23. The van der Waals surface area contributed by atoms with E-state index in [0.29, 0.717) is 11.6 Å². The second kappa shape index (κ2) is 6.48. The van der Waals surface area contributed by atoms with Gasteiger partial charge in [-0.2, -0.15) is 5.26 Å². The molecular weight excluding hydrogens is 252 g/mol. The summed E-state index contributed by atoms with van der Waals surface area (Å²) in [6.45, 7) is 0. The van der Waals surface area contributed by atoms with Crippen LogP contribution in [0.5, 0.6) is 5.88 Å². The van der Waals surface area contributed by atoms with Crippen molar-refractivity contribution in [3.8, 4) is 11.9 Å². The van der Waals surface area contributed by atoms with Crippen molar-refractivity contribution in [3.05, 3.63) is 59.8 Å². The van der Waals surface area contributed by atoms with Crippen molar-refractivity contribution in [2.45, 2.75) is 12.3 Å². The maximum atomic E-state index is 12.5. The number of benzene rings is 1. The summed E-state index contributed by atoms with van der Waals surface area (Å²) in [5, 5.41) is 8.95. The molecule has 0 amide bonds.